The number of methoxy groups -OCH3 is 3. The van der Waals surface area contributed by atoms with E-state index in [4.69, 9.17) is 37.4 Å². The average Bonchev–Trinajstić information content (AvgIpc) is 2.56. The molecule has 0 unspecified atom stereocenters. The van der Waals surface area contributed by atoms with Crippen LogP contribution < -0.4 is 19.6 Å². The molecule has 1 N–H and O–H groups in total. The molecule has 0 saturated carbocycles. The number of hydrazone groups is 1. The molecular weight excluding hydrogens is 339 g/mol. The topological polar surface area (TPSA) is 52.1 Å². The largest absolute Gasteiger partial charge is 0.497 e. The van der Waals surface area contributed by atoms with Gasteiger partial charge in [-0.25, -0.2) is 0 Å². The smallest absolute Gasteiger partial charge is 0.159 e. The number of nitrogens with zero attached hydrogens (tertiary/aromatic N) is 1. The van der Waals surface area contributed by atoms with Gasteiger partial charge in [-0.1, -0.05) is 23.2 Å². The van der Waals surface area contributed by atoms with Crippen LogP contribution in [0.1, 0.15) is 5.56 Å². The summed E-state index contributed by atoms with van der Waals surface area (Å²) in [6, 6.07) is 9.03. The SMILES string of the molecule is COc1ccc(N/N=C/c2cc(Cl)c(OC)c(Cl)c2OC)cc1. The summed E-state index contributed by atoms with van der Waals surface area (Å²) in [4.78, 5) is 0. The molecule has 2 aromatic carbocycles. The van der Waals surface area contributed by atoms with Crippen LogP contribution in [-0.2, 0) is 0 Å². The monoisotopic (exact) mass is 354 g/mol. The second-order valence-corrected chi connectivity index (χ2v) is 5.21. The van der Waals surface area contributed by atoms with Gasteiger partial charge in [0.25, 0.3) is 0 Å². The van der Waals surface area contributed by atoms with E-state index in [2.05, 4.69) is 10.5 Å². The van der Waals surface area contributed by atoms with E-state index in [1.165, 1.54) is 14.2 Å². The third-order valence-corrected chi connectivity index (χ3v) is 3.68. The van der Waals surface area contributed by atoms with Gasteiger partial charge in [-0.05, 0) is 30.3 Å². The maximum atomic E-state index is 6.22. The lowest BCUT2D eigenvalue weighted by atomic mass is 10.2. The summed E-state index contributed by atoms with van der Waals surface area (Å²) in [5.41, 5.74) is 4.34. The highest BCUT2D eigenvalue weighted by atomic mass is 35.5. The maximum absolute atomic E-state index is 6.22. The summed E-state index contributed by atoms with van der Waals surface area (Å²) in [6.07, 6.45) is 1.57. The average molecular weight is 355 g/mol. The lowest BCUT2D eigenvalue weighted by molar-refractivity contribution is 0.394. The molecule has 0 saturated heterocycles. The number of ether oxygens (including phenoxy) is 3. The first-order chi connectivity index (χ1) is 11.1. The summed E-state index contributed by atoms with van der Waals surface area (Å²) in [6.45, 7) is 0. The van der Waals surface area contributed by atoms with E-state index in [9.17, 15) is 0 Å². The van der Waals surface area contributed by atoms with Crippen LogP contribution in [0, 0.1) is 0 Å². The minimum absolute atomic E-state index is 0.299. The van der Waals surface area contributed by atoms with Crippen LogP contribution >= 0.6 is 23.2 Å². The van der Waals surface area contributed by atoms with Crippen LogP contribution in [0.5, 0.6) is 17.2 Å². The number of hydrogen-bond acceptors (Lipinski definition) is 5. The Morgan fingerprint density at radius 1 is 0.957 bits per heavy atom. The molecule has 7 heteroatoms. The molecule has 0 aromatic heterocycles. The van der Waals surface area contributed by atoms with E-state index in [1.807, 2.05) is 24.3 Å². The molecule has 2 rings (SSSR count). The molecule has 0 fully saturated rings. The van der Waals surface area contributed by atoms with Crippen molar-refractivity contribution in [3.63, 3.8) is 0 Å². The van der Waals surface area contributed by atoms with Gasteiger partial charge in [0.1, 0.15) is 16.5 Å². The van der Waals surface area contributed by atoms with Crippen molar-refractivity contribution in [1.82, 2.24) is 0 Å². The number of hydrogen-bond donors (Lipinski definition) is 1. The first kappa shape index (κ1) is 17.2. The van der Waals surface area contributed by atoms with E-state index in [0.29, 0.717) is 27.1 Å². The number of benzene rings is 2. The van der Waals surface area contributed by atoms with Crippen molar-refractivity contribution in [2.45, 2.75) is 0 Å². The Morgan fingerprint density at radius 3 is 2.17 bits per heavy atom. The molecule has 2 aromatic rings. The van der Waals surface area contributed by atoms with Crippen LogP contribution in [-0.4, -0.2) is 27.5 Å². The van der Waals surface area contributed by atoms with E-state index in [0.717, 1.165) is 11.4 Å². The molecule has 0 spiro atoms. The summed E-state index contributed by atoms with van der Waals surface area (Å²) in [7, 11) is 4.62. The maximum Gasteiger partial charge on any atom is 0.159 e. The van der Waals surface area contributed by atoms with Crippen molar-refractivity contribution in [3.05, 3.63) is 45.9 Å². The molecule has 0 bridgehead atoms. The van der Waals surface area contributed by atoms with E-state index >= 15 is 0 Å². The standard InChI is InChI=1S/C16H16Cl2N2O3/c1-21-12-6-4-11(5-7-12)20-19-9-10-8-13(17)16(23-3)14(18)15(10)22-2/h4-9,20H,1-3H3/b19-9+. The van der Waals surface area contributed by atoms with Crippen molar-refractivity contribution < 1.29 is 14.2 Å². The van der Waals surface area contributed by atoms with Gasteiger partial charge >= 0.3 is 0 Å². The lowest BCUT2D eigenvalue weighted by Gasteiger charge is -2.12. The van der Waals surface area contributed by atoms with Crippen LogP contribution in [0.3, 0.4) is 0 Å². The van der Waals surface area contributed by atoms with Gasteiger partial charge in [0, 0.05) is 5.56 Å². The fourth-order valence-electron chi connectivity index (χ4n) is 1.93. The molecule has 0 heterocycles. The molecular formula is C16H16Cl2N2O3. The van der Waals surface area contributed by atoms with Gasteiger partial charge in [-0.3, -0.25) is 5.43 Å². The van der Waals surface area contributed by atoms with E-state index < -0.39 is 0 Å². The predicted octanol–water partition coefficient (Wildman–Crippen LogP) is 4.47. The predicted molar refractivity (Wildman–Crippen MR) is 93.8 cm³/mol. The Kier molecular flexibility index (Phi) is 5.96. The quantitative estimate of drug-likeness (QED) is 0.614. The number of nitrogens with one attached hydrogen (secondary N) is 1. The molecule has 23 heavy (non-hydrogen) atoms. The van der Waals surface area contributed by atoms with Gasteiger partial charge in [-0.15, -0.1) is 0 Å². The second-order valence-electron chi connectivity index (χ2n) is 4.43. The Bertz CT molecular complexity index is 703. The van der Waals surface area contributed by atoms with Crippen LogP contribution in [0.25, 0.3) is 0 Å². The highest BCUT2D eigenvalue weighted by Crippen LogP contribution is 2.41. The first-order valence-corrected chi connectivity index (χ1v) is 7.39. The molecule has 0 aliphatic rings. The zero-order valence-electron chi connectivity index (χ0n) is 12.9. The molecule has 122 valence electrons. The third-order valence-electron chi connectivity index (χ3n) is 3.06. The van der Waals surface area contributed by atoms with Crippen LogP contribution in [0.15, 0.2) is 35.4 Å². The second kappa shape index (κ2) is 7.94. The minimum Gasteiger partial charge on any atom is -0.497 e. The minimum atomic E-state index is 0.299. The Balaban J connectivity index is 2.21. The fraction of sp³-hybridized carbons (Fsp3) is 0.188. The normalized spacial score (nSPS) is 10.7. The highest BCUT2D eigenvalue weighted by molar-refractivity contribution is 6.38. The molecule has 0 aliphatic carbocycles. The Labute approximate surface area is 144 Å². The zero-order valence-corrected chi connectivity index (χ0v) is 14.4. The summed E-state index contributed by atoms with van der Waals surface area (Å²) in [5.74, 6) is 1.58. The number of anilines is 1. The zero-order chi connectivity index (χ0) is 16.8. The van der Waals surface area contributed by atoms with Crippen molar-refractivity contribution in [3.8, 4) is 17.2 Å². The third kappa shape index (κ3) is 4.00. The summed E-state index contributed by atoms with van der Waals surface area (Å²) >= 11 is 12.4. The molecule has 0 atom stereocenters. The van der Waals surface area contributed by atoms with E-state index in [-0.39, 0.29) is 0 Å². The fourth-order valence-corrected chi connectivity index (χ4v) is 2.64. The van der Waals surface area contributed by atoms with Gasteiger partial charge in [0.05, 0.1) is 38.3 Å². The van der Waals surface area contributed by atoms with Gasteiger partial charge in [-0.2, -0.15) is 5.10 Å². The molecule has 0 radical (unpaired) electrons. The Morgan fingerprint density at radius 2 is 1.61 bits per heavy atom. The van der Waals surface area contributed by atoms with E-state index in [1.54, 1.807) is 19.4 Å². The lowest BCUT2D eigenvalue weighted by Crippen LogP contribution is -1.97. The van der Waals surface area contributed by atoms with Crippen molar-refractivity contribution >= 4 is 35.1 Å². The van der Waals surface area contributed by atoms with Gasteiger partial charge in [0.2, 0.25) is 0 Å². The summed E-state index contributed by atoms with van der Waals surface area (Å²) in [5, 5.41) is 4.84. The molecule has 0 amide bonds. The first-order valence-electron chi connectivity index (χ1n) is 6.63. The number of rotatable bonds is 6. The van der Waals surface area contributed by atoms with Crippen molar-refractivity contribution in [2.24, 2.45) is 5.10 Å². The molecule has 5 nitrogen and oxygen atoms in total. The number of halogens is 2. The van der Waals surface area contributed by atoms with Gasteiger partial charge in [0.15, 0.2) is 5.75 Å². The molecule has 0 aliphatic heterocycles. The van der Waals surface area contributed by atoms with Crippen LogP contribution in [0.2, 0.25) is 10.0 Å². The van der Waals surface area contributed by atoms with Crippen LogP contribution in [0.4, 0.5) is 5.69 Å². The van der Waals surface area contributed by atoms with Crippen molar-refractivity contribution in [1.29, 1.82) is 0 Å². The van der Waals surface area contributed by atoms with Crippen molar-refractivity contribution in [2.75, 3.05) is 26.8 Å². The van der Waals surface area contributed by atoms with Gasteiger partial charge < -0.3 is 14.2 Å². The summed E-state index contributed by atoms with van der Waals surface area (Å²) < 4.78 is 15.6. The highest BCUT2D eigenvalue weighted by Gasteiger charge is 2.16. The Hall–Kier alpha value is -2.11.